The number of unbranched alkanes of at least 4 members (excludes halogenated alkanes) is 1. The van der Waals surface area contributed by atoms with Crippen LogP contribution in [0.15, 0.2) is 0 Å². The molecule has 1 fully saturated rings. The van der Waals surface area contributed by atoms with Gasteiger partial charge in [-0.2, -0.15) is 0 Å². The van der Waals surface area contributed by atoms with Crippen molar-refractivity contribution in [3.05, 3.63) is 0 Å². The molecular formula is C12H23BrO3. The van der Waals surface area contributed by atoms with Gasteiger partial charge in [0.25, 0.3) is 0 Å². The molecular weight excluding hydrogens is 272 g/mol. The Balaban J connectivity index is 2.08. The van der Waals surface area contributed by atoms with Gasteiger partial charge in [0.15, 0.2) is 0 Å². The summed E-state index contributed by atoms with van der Waals surface area (Å²) in [7, 11) is 0. The highest BCUT2D eigenvalue weighted by molar-refractivity contribution is 9.09. The summed E-state index contributed by atoms with van der Waals surface area (Å²) >= 11 is 3.54. The molecule has 0 N–H and O–H groups in total. The average Bonchev–Trinajstić information content (AvgIpc) is 2.35. The highest BCUT2D eigenvalue weighted by Gasteiger charge is 2.32. The normalized spacial score (nSPS) is 19.9. The SMILES string of the molecule is CCCCOCCOC1(CBr)CCOCC1. The largest absolute Gasteiger partial charge is 0.381 e. The van der Waals surface area contributed by atoms with Crippen molar-refractivity contribution < 1.29 is 14.2 Å². The van der Waals surface area contributed by atoms with Gasteiger partial charge in [0.2, 0.25) is 0 Å². The van der Waals surface area contributed by atoms with Gasteiger partial charge < -0.3 is 14.2 Å². The van der Waals surface area contributed by atoms with Crippen molar-refractivity contribution in [1.82, 2.24) is 0 Å². The lowest BCUT2D eigenvalue weighted by Gasteiger charge is -2.35. The Bertz CT molecular complexity index is 170. The van der Waals surface area contributed by atoms with Crippen LogP contribution in [0.3, 0.4) is 0 Å². The summed E-state index contributed by atoms with van der Waals surface area (Å²) in [6, 6.07) is 0. The number of rotatable bonds is 8. The molecule has 0 aromatic carbocycles. The van der Waals surface area contributed by atoms with E-state index < -0.39 is 0 Å². The molecule has 0 aromatic rings. The second-order valence-corrected chi connectivity index (χ2v) is 4.80. The first-order valence-electron chi connectivity index (χ1n) is 6.18. The van der Waals surface area contributed by atoms with Crippen LogP contribution in [0.1, 0.15) is 32.6 Å². The van der Waals surface area contributed by atoms with Crippen molar-refractivity contribution in [3.8, 4) is 0 Å². The average molecular weight is 295 g/mol. The molecule has 1 heterocycles. The summed E-state index contributed by atoms with van der Waals surface area (Å²) in [4.78, 5) is 0. The number of hydrogen-bond acceptors (Lipinski definition) is 3. The Morgan fingerprint density at radius 1 is 1.19 bits per heavy atom. The smallest absolute Gasteiger partial charge is 0.0823 e. The van der Waals surface area contributed by atoms with Gasteiger partial charge in [0, 0.05) is 38.0 Å². The highest BCUT2D eigenvalue weighted by atomic mass is 79.9. The topological polar surface area (TPSA) is 27.7 Å². The number of halogens is 1. The van der Waals surface area contributed by atoms with Crippen molar-refractivity contribution in [2.24, 2.45) is 0 Å². The summed E-state index contributed by atoms with van der Waals surface area (Å²) in [5, 5.41) is 0.887. The zero-order valence-electron chi connectivity index (χ0n) is 10.2. The van der Waals surface area contributed by atoms with Gasteiger partial charge in [-0.3, -0.25) is 0 Å². The van der Waals surface area contributed by atoms with Crippen molar-refractivity contribution >= 4 is 15.9 Å². The van der Waals surface area contributed by atoms with Gasteiger partial charge in [0.1, 0.15) is 0 Å². The minimum atomic E-state index is -0.0215. The van der Waals surface area contributed by atoms with Crippen molar-refractivity contribution in [2.75, 3.05) is 38.4 Å². The maximum absolute atomic E-state index is 5.95. The van der Waals surface area contributed by atoms with E-state index in [2.05, 4.69) is 22.9 Å². The Morgan fingerprint density at radius 2 is 1.94 bits per heavy atom. The van der Waals surface area contributed by atoms with Crippen LogP contribution < -0.4 is 0 Å². The highest BCUT2D eigenvalue weighted by Crippen LogP contribution is 2.27. The van der Waals surface area contributed by atoms with Crippen LogP contribution in [0, 0.1) is 0 Å². The van der Waals surface area contributed by atoms with Gasteiger partial charge in [-0.1, -0.05) is 29.3 Å². The molecule has 1 aliphatic rings. The summed E-state index contributed by atoms with van der Waals surface area (Å²) < 4.78 is 16.8. The van der Waals surface area contributed by atoms with E-state index in [-0.39, 0.29) is 5.60 Å². The molecule has 0 aromatic heterocycles. The number of alkyl halides is 1. The van der Waals surface area contributed by atoms with Gasteiger partial charge in [-0.15, -0.1) is 0 Å². The van der Waals surface area contributed by atoms with Crippen LogP contribution in [0.4, 0.5) is 0 Å². The third-order valence-electron chi connectivity index (χ3n) is 2.93. The molecule has 1 saturated heterocycles. The molecule has 0 saturated carbocycles. The quantitative estimate of drug-likeness (QED) is 0.509. The molecule has 1 aliphatic heterocycles. The third kappa shape index (κ3) is 5.13. The monoisotopic (exact) mass is 294 g/mol. The van der Waals surface area contributed by atoms with E-state index in [0.717, 1.165) is 44.4 Å². The van der Waals surface area contributed by atoms with Gasteiger partial charge in [-0.05, 0) is 6.42 Å². The lowest BCUT2D eigenvalue weighted by atomic mass is 9.97. The van der Waals surface area contributed by atoms with Gasteiger partial charge >= 0.3 is 0 Å². The second-order valence-electron chi connectivity index (χ2n) is 4.24. The fourth-order valence-corrected chi connectivity index (χ4v) is 2.45. The molecule has 96 valence electrons. The maximum Gasteiger partial charge on any atom is 0.0823 e. The molecule has 0 radical (unpaired) electrons. The molecule has 0 bridgehead atoms. The second kappa shape index (κ2) is 8.45. The Morgan fingerprint density at radius 3 is 2.56 bits per heavy atom. The fourth-order valence-electron chi connectivity index (χ4n) is 1.73. The zero-order chi connectivity index (χ0) is 11.7. The minimum absolute atomic E-state index is 0.0215. The predicted molar refractivity (Wildman–Crippen MR) is 68.3 cm³/mol. The maximum atomic E-state index is 5.95. The van der Waals surface area contributed by atoms with Crippen LogP contribution in [0.2, 0.25) is 0 Å². The minimum Gasteiger partial charge on any atom is -0.381 e. The predicted octanol–water partition coefficient (Wildman–Crippen LogP) is 2.76. The lowest BCUT2D eigenvalue weighted by Crippen LogP contribution is -2.41. The van der Waals surface area contributed by atoms with E-state index in [4.69, 9.17) is 14.2 Å². The standard InChI is InChI=1S/C12H23BrO3/c1-2-3-6-14-9-10-16-12(11-13)4-7-15-8-5-12/h2-11H2,1H3. The first-order valence-corrected chi connectivity index (χ1v) is 7.30. The zero-order valence-corrected chi connectivity index (χ0v) is 11.8. The summed E-state index contributed by atoms with van der Waals surface area (Å²) in [6.45, 7) is 6.03. The molecule has 1 rings (SSSR count). The lowest BCUT2D eigenvalue weighted by molar-refractivity contribution is -0.107. The van der Waals surface area contributed by atoms with Gasteiger partial charge in [-0.25, -0.2) is 0 Å². The van der Waals surface area contributed by atoms with Crippen LogP contribution in [-0.2, 0) is 14.2 Å². The summed E-state index contributed by atoms with van der Waals surface area (Å²) in [5.74, 6) is 0. The Kier molecular flexibility index (Phi) is 7.62. The fraction of sp³-hybridized carbons (Fsp3) is 1.00. The molecule has 4 heteroatoms. The molecule has 0 spiro atoms. The van der Waals surface area contributed by atoms with Crippen LogP contribution in [0.5, 0.6) is 0 Å². The molecule has 0 aliphatic carbocycles. The van der Waals surface area contributed by atoms with E-state index >= 15 is 0 Å². The first kappa shape index (κ1) is 14.4. The van der Waals surface area contributed by atoms with Crippen molar-refractivity contribution in [1.29, 1.82) is 0 Å². The molecule has 0 atom stereocenters. The van der Waals surface area contributed by atoms with Crippen molar-refractivity contribution in [3.63, 3.8) is 0 Å². The molecule has 3 nitrogen and oxygen atoms in total. The van der Waals surface area contributed by atoms with Crippen LogP contribution >= 0.6 is 15.9 Å². The summed E-state index contributed by atoms with van der Waals surface area (Å²) in [6.07, 6.45) is 4.28. The number of ether oxygens (including phenoxy) is 3. The Hall–Kier alpha value is 0.360. The van der Waals surface area contributed by atoms with E-state index in [1.54, 1.807) is 0 Å². The first-order chi connectivity index (χ1) is 7.83. The van der Waals surface area contributed by atoms with Crippen molar-refractivity contribution in [2.45, 2.75) is 38.2 Å². The van der Waals surface area contributed by atoms with Gasteiger partial charge in [0.05, 0.1) is 18.8 Å². The molecule has 0 unspecified atom stereocenters. The molecule has 16 heavy (non-hydrogen) atoms. The van der Waals surface area contributed by atoms with E-state index in [0.29, 0.717) is 13.2 Å². The summed E-state index contributed by atoms with van der Waals surface area (Å²) in [5.41, 5.74) is -0.0215. The third-order valence-corrected chi connectivity index (χ3v) is 3.95. The number of hydrogen-bond donors (Lipinski definition) is 0. The Labute approximate surface area is 107 Å². The van der Waals surface area contributed by atoms with E-state index in [9.17, 15) is 0 Å². The van der Waals surface area contributed by atoms with E-state index in [1.165, 1.54) is 6.42 Å². The van der Waals surface area contributed by atoms with E-state index in [1.807, 2.05) is 0 Å². The van der Waals surface area contributed by atoms with Crippen LogP contribution in [0.25, 0.3) is 0 Å². The van der Waals surface area contributed by atoms with Crippen LogP contribution in [-0.4, -0.2) is 44.0 Å². The molecule has 0 amide bonds.